The van der Waals surface area contributed by atoms with Crippen molar-refractivity contribution >= 4 is 0 Å². The second-order valence-electron chi connectivity index (χ2n) is 9.31. The van der Waals surface area contributed by atoms with Crippen LogP contribution in [0.25, 0.3) is 0 Å². The molecule has 1 rings (SSSR count). The quantitative estimate of drug-likeness (QED) is 0.335. The zero-order chi connectivity index (χ0) is 24.3. The van der Waals surface area contributed by atoms with E-state index < -0.39 is 37.3 Å². The maximum Gasteiger partial charge on any atom is 0.187 e. The highest BCUT2D eigenvalue weighted by atomic mass is 16.7. The normalized spacial score (nSPS) is 27.8. The van der Waals surface area contributed by atoms with Crippen molar-refractivity contribution < 1.29 is 29.9 Å². The molecule has 6 nitrogen and oxygen atoms in total. The van der Waals surface area contributed by atoms with Gasteiger partial charge in [0.25, 0.3) is 0 Å². The van der Waals surface area contributed by atoms with Gasteiger partial charge in [-0.2, -0.15) is 0 Å². The summed E-state index contributed by atoms with van der Waals surface area (Å²) in [5, 5.41) is 39.9. The Morgan fingerprint density at radius 2 is 1.38 bits per heavy atom. The molecule has 0 aliphatic carbocycles. The average Bonchev–Trinajstić information content (AvgIpc) is 2.71. The Bertz CT molecular complexity index is 668. The Kier molecular flexibility index (Phi) is 13.3. The summed E-state index contributed by atoms with van der Waals surface area (Å²) in [5.74, 6) is 0. The van der Waals surface area contributed by atoms with E-state index in [4.69, 9.17) is 9.47 Å². The van der Waals surface area contributed by atoms with Crippen molar-refractivity contribution in [3.05, 3.63) is 46.6 Å². The van der Waals surface area contributed by atoms with E-state index >= 15 is 0 Å². The zero-order valence-electron chi connectivity index (χ0n) is 20.6. The topological polar surface area (TPSA) is 99.4 Å². The summed E-state index contributed by atoms with van der Waals surface area (Å²) >= 11 is 0. The molecular weight excluding hydrogens is 408 g/mol. The molecule has 1 saturated heterocycles. The van der Waals surface area contributed by atoms with Crippen LogP contribution in [0.4, 0.5) is 0 Å². The third-order valence-electron chi connectivity index (χ3n) is 5.51. The Morgan fingerprint density at radius 3 is 1.91 bits per heavy atom. The van der Waals surface area contributed by atoms with E-state index in [2.05, 4.69) is 52.8 Å². The third kappa shape index (κ3) is 10.6. The predicted octanol–water partition coefficient (Wildman–Crippen LogP) is 3.95. The Morgan fingerprint density at radius 1 is 0.812 bits per heavy atom. The van der Waals surface area contributed by atoms with Gasteiger partial charge in [0.05, 0.1) is 12.7 Å². The van der Waals surface area contributed by atoms with E-state index in [1.807, 2.05) is 13.0 Å². The first-order valence-electron chi connectivity index (χ1n) is 11.6. The molecule has 1 fully saturated rings. The molecule has 1 aliphatic rings. The summed E-state index contributed by atoms with van der Waals surface area (Å²) in [7, 11) is 0. The molecule has 0 bridgehead atoms. The number of aliphatic hydroxyl groups excluding tert-OH is 4. The first kappa shape index (κ1) is 28.8. The van der Waals surface area contributed by atoms with Crippen molar-refractivity contribution in [1.29, 1.82) is 0 Å². The lowest BCUT2D eigenvalue weighted by molar-refractivity contribution is -0.307. The third-order valence-corrected chi connectivity index (χ3v) is 5.51. The van der Waals surface area contributed by atoms with E-state index in [0.29, 0.717) is 6.42 Å². The fourth-order valence-corrected chi connectivity index (χ4v) is 3.51. The molecule has 0 amide bonds. The maximum atomic E-state index is 10.4. The second-order valence-corrected chi connectivity index (χ2v) is 9.31. The van der Waals surface area contributed by atoms with Crippen LogP contribution in [0.5, 0.6) is 0 Å². The molecule has 1 unspecified atom stereocenters. The van der Waals surface area contributed by atoms with Gasteiger partial charge < -0.3 is 29.9 Å². The SMILES string of the molecule is CC(C)=CCC/C(C)=C\C(C/C=C(\C)CCC=C(C)C)O[C@@H]1O[C@H](CO)[C@@H](O)[C@H](O)[C@@H]1O. The summed E-state index contributed by atoms with van der Waals surface area (Å²) < 4.78 is 11.6. The molecule has 0 saturated carbocycles. The van der Waals surface area contributed by atoms with Crippen molar-refractivity contribution in [3.8, 4) is 0 Å². The molecule has 184 valence electrons. The minimum atomic E-state index is -1.45. The number of hydrogen-bond acceptors (Lipinski definition) is 6. The lowest BCUT2D eigenvalue weighted by atomic mass is 9.99. The Hall–Kier alpha value is -1.28. The maximum absolute atomic E-state index is 10.4. The van der Waals surface area contributed by atoms with Crippen molar-refractivity contribution in [2.24, 2.45) is 0 Å². The fourth-order valence-electron chi connectivity index (χ4n) is 3.51. The van der Waals surface area contributed by atoms with Crippen LogP contribution >= 0.6 is 0 Å². The van der Waals surface area contributed by atoms with E-state index in [1.165, 1.54) is 16.7 Å². The van der Waals surface area contributed by atoms with E-state index in [9.17, 15) is 20.4 Å². The molecule has 1 aliphatic heterocycles. The van der Waals surface area contributed by atoms with E-state index in [-0.39, 0.29) is 6.10 Å². The van der Waals surface area contributed by atoms with Crippen molar-refractivity contribution in [3.63, 3.8) is 0 Å². The minimum Gasteiger partial charge on any atom is -0.394 e. The Balaban J connectivity index is 2.93. The number of ether oxygens (including phenoxy) is 2. The Labute approximate surface area is 194 Å². The van der Waals surface area contributed by atoms with Crippen LogP contribution in [-0.4, -0.2) is 63.8 Å². The van der Waals surface area contributed by atoms with Gasteiger partial charge in [0.2, 0.25) is 0 Å². The van der Waals surface area contributed by atoms with Crippen molar-refractivity contribution in [1.82, 2.24) is 0 Å². The molecule has 0 aromatic heterocycles. The molecular formula is C26H44O6. The van der Waals surface area contributed by atoms with Gasteiger partial charge in [-0.3, -0.25) is 0 Å². The summed E-state index contributed by atoms with van der Waals surface area (Å²) in [6.07, 6.45) is 6.19. The van der Waals surface area contributed by atoms with Gasteiger partial charge in [0.15, 0.2) is 6.29 Å². The molecule has 6 atom stereocenters. The summed E-state index contributed by atoms with van der Waals surface area (Å²) in [5.41, 5.74) is 4.99. The van der Waals surface area contributed by atoms with Crippen LogP contribution in [0, 0.1) is 0 Å². The minimum absolute atomic E-state index is 0.374. The fraction of sp³-hybridized carbons (Fsp3) is 0.692. The van der Waals surface area contributed by atoms with E-state index in [1.54, 1.807) is 0 Å². The summed E-state index contributed by atoms with van der Waals surface area (Å²) in [6.45, 7) is 12.0. The van der Waals surface area contributed by atoms with Crippen molar-refractivity contribution in [2.45, 2.75) is 110 Å². The molecule has 0 radical (unpaired) electrons. The molecule has 0 aromatic carbocycles. The molecule has 32 heavy (non-hydrogen) atoms. The standard InChI is InChI=1S/C26H44O6/c1-17(2)9-7-11-19(5)13-14-21(15-20(6)12-8-10-18(3)4)31-26-25(30)24(29)23(28)22(16-27)32-26/h9-10,13,15,21-30H,7-8,11-12,14,16H2,1-6H3/b19-13+,20-15-/t21?,22-,23-,24+,25+,26-/m1/s1. The monoisotopic (exact) mass is 452 g/mol. The van der Waals surface area contributed by atoms with Gasteiger partial charge in [-0.25, -0.2) is 0 Å². The van der Waals surface area contributed by atoms with Gasteiger partial charge in [-0.1, -0.05) is 46.6 Å². The van der Waals surface area contributed by atoms with Gasteiger partial charge in [0, 0.05) is 0 Å². The van der Waals surface area contributed by atoms with Crippen LogP contribution in [0.15, 0.2) is 46.6 Å². The first-order chi connectivity index (χ1) is 15.0. The first-order valence-corrected chi connectivity index (χ1v) is 11.6. The van der Waals surface area contributed by atoms with Crippen LogP contribution in [0.2, 0.25) is 0 Å². The van der Waals surface area contributed by atoms with Crippen LogP contribution in [-0.2, 0) is 9.47 Å². The van der Waals surface area contributed by atoms with Crippen LogP contribution in [0.3, 0.4) is 0 Å². The van der Waals surface area contributed by atoms with Crippen molar-refractivity contribution in [2.75, 3.05) is 6.61 Å². The molecule has 6 heteroatoms. The highest BCUT2D eigenvalue weighted by molar-refractivity contribution is 5.09. The van der Waals surface area contributed by atoms with Gasteiger partial charge >= 0.3 is 0 Å². The van der Waals surface area contributed by atoms with Gasteiger partial charge in [-0.15, -0.1) is 0 Å². The number of aliphatic hydroxyl groups is 4. The zero-order valence-corrected chi connectivity index (χ0v) is 20.6. The molecule has 1 heterocycles. The molecule has 0 spiro atoms. The molecule has 0 aromatic rings. The number of allylic oxidation sites excluding steroid dienone is 6. The van der Waals surface area contributed by atoms with E-state index in [0.717, 1.165) is 31.3 Å². The molecule has 4 N–H and O–H groups in total. The predicted molar refractivity (Wildman–Crippen MR) is 128 cm³/mol. The highest BCUT2D eigenvalue weighted by Gasteiger charge is 2.44. The van der Waals surface area contributed by atoms with Crippen LogP contribution in [0.1, 0.15) is 73.6 Å². The highest BCUT2D eigenvalue weighted by Crippen LogP contribution is 2.25. The summed E-state index contributed by atoms with van der Waals surface area (Å²) in [4.78, 5) is 0. The van der Waals surface area contributed by atoms with Crippen LogP contribution < -0.4 is 0 Å². The summed E-state index contributed by atoms with van der Waals surface area (Å²) in [6, 6.07) is 0. The smallest absolute Gasteiger partial charge is 0.187 e. The second kappa shape index (κ2) is 14.8. The van der Waals surface area contributed by atoms with Gasteiger partial charge in [0.1, 0.15) is 24.4 Å². The van der Waals surface area contributed by atoms with Gasteiger partial charge in [-0.05, 0) is 73.6 Å². The average molecular weight is 453 g/mol. The largest absolute Gasteiger partial charge is 0.394 e. The number of hydrogen-bond donors (Lipinski definition) is 4. The lowest BCUT2D eigenvalue weighted by Crippen LogP contribution is -2.59. The lowest BCUT2D eigenvalue weighted by Gasteiger charge is -2.40. The number of rotatable bonds is 12.